The zero-order chi connectivity index (χ0) is 16.1. The highest BCUT2D eigenvalue weighted by atomic mass is 16.7. The number of amides is 1. The Bertz CT molecular complexity index is 300. The van der Waals surface area contributed by atoms with Gasteiger partial charge in [0.2, 0.25) is 6.29 Å². The van der Waals surface area contributed by atoms with Crippen LogP contribution in [0.1, 0.15) is 20.8 Å². The maximum absolute atomic E-state index is 11.4. The first-order chi connectivity index (χ1) is 9.97. The highest BCUT2D eigenvalue weighted by molar-refractivity contribution is 5.72. The van der Waals surface area contributed by atoms with Gasteiger partial charge in [0.1, 0.15) is 0 Å². The van der Waals surface area contributed by atoms with Crippen molar-refractivity contribution in [3.05, 3.63) is 0 Å². The minimum Gasteiger partial charge on any atom is -0.425 e. The smallest absolute Gasteiger partial charge is 0.410 e. The van der Waals surface area contributed by atoms with Crippen molar-refractivity contribution in [2.24, 2.45) is 11.7 Å². The number of carbonyl (C=O) groups excluding carboxylic acids is 2. The highest BCUT2D eigenvalue weighted by Gasteiger charge is 2.15. The van der Waals surface area contributed by atoms with Gasteiger partial charge in [-0.25, -0.2) is 4.79 Å². The summed E-state index contributed by atoms with van der Waals surface area (Å²) in [5.41, 5.74) is 5.33. The van der Waals surface area contributed by atoms with Crippen molar-refractivity contribution in [1.82, 2.24) is 16.0 Å². The SMILES string of the molecule is CC(OC(=O)NCCNCCNCCN)OC(=O)C(C)C. The topological polar surface area (TPSA) is 115 Å². The van der Waals surface area contributed by atoms with E-state index in [1.807, 2.05) is 0 Å². The number of alkyl carbamates (subject to hydrolysis) is 1. The molecule has 5 N–H and O–H groups in total. The second kappa shape index (κ2) is 12.4. The molecule has 1 atom stereocenters. The number of rotatable bonds is 11. The molecular weight excluding hydrogens is 276 g/mol. The van der Waals surface area contributed by atoms with Crippen LogP contribution in [-0.4, -0.2) is 57.6 Å². The van der Waals surface area contributed by atoms with Crippen molar-refractivity contribution < 1.29 is 19.1 Å². The monoisotopic (exact) mass is 304 g/mol. The van der Waals surface area contributed by atoms with Gasteiger partial charge in [0.15, 0.2) is 0 Å². The summed E-state index contributed by atoms with van der Waals surface area (Å²) in [5, 5.41) is 8.84. The quantitative estimate of drug-likeness (QED) is 0.229. The number of hydrogen-bond acceptors (Lipinski definition) is 7. The van der Waals surface area contributed by atoms with E-state index in [1.54, 1.807) is 13.8 Å². The van der Waals surface area contributed by atoms with Crippen LogP contribution in [0.3, 0.4) is 0 Å². The average molecular weight is 304 g/mol. The van der Waals surface area contributed by atoms with Crippen molar-refractivity contribution in [3.8, 4) is 0 Å². The van der Waals surface area contributed by atoms with Crippen LogP contribution in [0.5, 0.6) is 0 Å². The van der Waals surface area contributed by atoms with Gasteiger partial charge in [-0.1, -0.05) is 13.8 Å². The van der Waals surface area contributed by atoms with Crippen molar-refractivity contribution in [3.63, 3.8) is 0 Å². The minimum atomic E-state index is -0.895. The molecule has 0 aliphatic heterocycles. The van der Waals surface area contributed by atoms with Gasteiger partial charge in [0.05, 0.1) is 5.92 Å². The third kappa shape index (κ3) is 12.1. The van der Waals surface area contributed by atoms with Gasteiger partial charge in [-0.3, -0.25) is 4.79 Å². The number of hydrogen-bond donors (Lipinski definition) is 4. The van der Waals surface area contributed by atoms with Gasteiger partial charge in [0.25, 0.3) is 0 Å². The molecule has 0 aliphatic carbocycles. The molecule has 0 aromatic rings. The Labute approximate surface area is 126 Å². The van der Waals surface area contributed by atoms with Crippen LogP contribution in [0, 0.1) is 5.92 Å². The molecule has 8 heteroatoms. The molecule has 0 fully saturated rings. The maximum Gasteiger partial charge on any atom is 0.410 e. The second-order valence-electron chi connectivity index (χ2n) is 4.78. The lowest BCUT2D eigenvalue weighted by atomic mass is 10.2. The lowest BCUT2D eigenvalue weighted by Gasteiger charge is -2.15. The lowest BCUT2D eigenvalue weighted by Crippen LogP contribution is -2.37. The van der Waals surface area contributed by atoms with Gasteiger partial charge in [-0.15, -0.1) is 0 Å². The van der Waals surface area contributed by atoms with Crippen LogP contribution in [-0.2, 0) is 14.3 Å². The van der Waals surface area contributed by atoms with Crippen LogP contribution >= 0.6 is 0 Å². The Kier molecular flexibility index (Phi) is 11.6. The summed E-state index contributed by atoms with van der Waals surface area (Å²) >= 11 is 0. The Balaban J connectivity index is 3.51. The van der Waals surface area contributed by atoms with Gasteiger partial charge < -0.3 is 31.2 Å². The molecule has 1 unspecified atom stereocenters. The third-order valence-corrected chi connectivity index (χ3v) is 2.40. The summed E-state index contributed by atoms with van der Waals surface area (Å²) in [6, 6.07) is 0. The number of nitrogens with one attached hydrogen (secondary N) is 3. The molecule has 0 aromatic heterocycles. The van der Waals surface area contributed by atoms with E-state index in [2.05, 4.69) is 16.0 Å². The van der Waals surface area contributed by atoms with E-state index in [9.17, 15) is 9.59 Å². The molecule has 0 heterocycles. The fourth-order valence-corrected chi connectivity index (χ4v) is 1.30. The average Bonchev–Trinajstić information content (AvgIpc) is 2.41. The zero-order valence-corrected chi connectivity index (χ0v) is 13.1. The molecule has 0 rings (SSSR count). The van der Waals surface area contributed by atoms with Gasteiger partial charge in [-0.2, -0.15) is 0 Å². The van der Waals surface area contributed by atoms with Gasteiger partial charge >= 0.3 is 12.1 Å². The Morgan fingerprint density at radius 1 is 0.952 bits per heavy atom. The first-order valence-corrected chi connectivity index (χ1v) is 7.23. The molecule has 0 aromatic carbocycles. The van der Waals surface area contributed by atoms with Gasteiger partial charge in [0, 0.05) is 46.2 Å². The van der Waals surface area contributed by atoms with E-state index in [-0.39, 0.29) is 5.92 Å². The molecular formula is C13H28N4O4. The predicted molar refractivity (Wildman–Crippen MR) is 79.7 cm³/mol. The third-order valence-electron chi connectivity index (χ3n) is 2.40. The normalized spacial score (nSPS) is 12.0. The first kappa shape index (κ1) is 19.6. The molecule has 0 radical (unpaired) electrons. The number of nitrogens with two attached hydrogens (primary N) is 1. The van der Waals surface area contributed by atoms with E-state index in [4.69, 9.17) is 15.2 Å². The van der Waals surface area contributed by atoms with E-state index >= 15 is 0 Å². The molecule has 0 aliphatic rings. The van der Waals surface area contributed by atoms with Crippen molar-refractivity contribution in [2.75, 3.05) is 39.3 Å². The molecule has 0 saturated heterocycles. The number of carbonyl (C=O) groups is 2. The fourth-order valence-electron chi connectivity index (χ4n) is 1.30. The number of ether oxygens (including phenoxy) is 2. The molecule has 0 saturated carbocycles. The van der Waals surface area contributed by atoms with E-state index < -0.39 is 18.4 Å². The Morgan fingerprint density at radius 2 is 1.52 bits per heavy atom. The molecule has 0 spiro atoms. The van der Waals surface area contributed by atoms with E-state index in [1.165, 1.54) is 6.92 Å². The summed E-state index contributed by atoms with van der Waals surface area (Å²) in [5.74, 6) is -0.655. The highest BCUT2D eigenvalue weighted by Crippen LogP contribution is 2.01. The van der Waals surface area contributed by atoms with Crippen molar-refractivity contribution >= 4 is 12.1 Å². The summed E-state index contributed by atoms with van der Waals surface area (Å²) < 4.78 is 9.79. The summed E-state index contributed by atoms with van der Waals surface area (Å²) in [7, 11) is 0. The van der Waals surface area contributed by atoms with E-state index in [0.29, 0.717) is 19.6 Å². The first-order valence-electron chi connectivity index (χ1n) is 7.23. The Hall–Kier alpha value is -1.38. The summed E-state index contributed by atoms with van der Waals surface area (Å²) in [4.78, 5) is 22.7. The largest absolute Gasteiger partial charge is 0.425 e. The van der Waals surface area contributed by atoms with Crippen molar-refractivity contribution in [2.45, 2.75) is 27.1 Å². The Morgan fingerprint density at radius 3 is 2.10 bits per heavy atom. The van der Waals surface area contributed by atoms with Crippen LogP contribution in [0.2, 0.25) is 0 Å². The lowest BCUT2D eigenvalue weighted by molar-refractivity contribution is -0.168. The molecule has 21 heavy (non-hydrogen) atoms. The standard InChI is InChI=1S/C13H28N4O4/c1-10(2)12(18)20-11(3)21-13(19)17-9-8-16-7-6-15-5-4-14/h10-11,15-16H,4-9,14H2,1-3H3,(H,17,19). The summed E-state index contributed by atoms with van der Waals surface area (Å²) in [6.45, 7) is 9.00. The second-order valence-corrected chi connectivity index (χ2v) is 4.78. The summed E-state index contributed by atoms with van der Waals surface area (Å²) in [6.07, 6.45) is -1.50. The molecule has 1 amide bonds. The predicted octanol–water partition coefficient (Wildman–Crippen LogP) is -0.604. The fraction of sp³-hybridized carbons (Fsp3) is 0.846. The zero-order valence-electron chi connectivity index (χ0n) is 13.1. The van der Waals surface area contributed by atoms with Crippen LogP contribution in [0.15, 0.2) is 0 Å². The molecule has 124 valence electrons. The number of esters is 1. The van der Waals surface area contributed by atoms with Crippen LogP contribution in [0.25, 0.3) is 0 Å². The van der Waals surface area contributed by atoms with Crippen molar-refractivity contribution in [1.29, 1.82) is 0 Å². The van der Waals surface area contributed by atoms with Crippen LogP contribution < -0.4 is 21.7 Å². The van der Waals surface area contributed by atoms with Crippen LogP contribution in [0.4, 0.5) is 4.79 Å². The van der Waals surface area contributed by atoms with Gasteiger partial charge in [-0.05, 0) is 0 Å². The van der Waals surface area contributed by atoms with E-state index in [0.717, 1.165) is 19.6 Å². The minimum absolute atomic E-state index is 0.254. The molecule has 8 nitrogen and oxygen atoms in total. The maximum atomic E-state index is 11.4. The molecule has 0 bridgehead atoms.